The maximum Gasteiger partial charge on any atom is 0.245 e. The molecule has 2 aliphatic rings. The summed E-state index contributed by atoms with van der Waals surface area (Å²) >= 11 is 0. The van der Waals surface area contributed by atoms with E-state index < -0.39 is 5.92 Å². The standard InChI is InChI=1S/C16H28F2/c1-12-3-7-14(8-4-12)15-9-5-13(6-10-15)11-16(2,17)18/h12-15H,3-11H2,1-2H3. The molecule has 0 spiro atoms. The van der Waals surface area contributed by atoms with Crippen molar-refractivity contribution in [2.75, 3.05) is 0 Å². The Morgan fingerprint density at radius 2 is 1.28 bits per heavy atom. The monoisotopic (exact) mass is 258 g/mol. The molecule has 2 rings (SSSR count). The van der Waals surface area contributed by atoms with Crippen LogP contribution in [0, 0.1) is 23.7 Å². The van der Waals surface area contributed by atoms with Crippen LogP contribution < -0.4 is 0 Å². The van der Waals surface area contributed by atoms with Crippen LogP contribution in [0.1, 0.15) is 71.6 Å². The number of halogens is 2. The number of rotatable bonds is 3. The van der Waals surface area contributed by atoms with Crippen molar-refractivity contribution in [2.45, 2.75) is 77.6 Å². The molecule has 0 atom stereocenters. The number of hydrogen-bond donors (Lipinski definition) is 0. The summed E-state index contributed by atoms with van der Waals surface area (Å²) in [6, 6.07) is 0. The quantitative estimate of drug-likeness (QED) is 0.612. The van der Waals surface area contributed by atoms with E-state index in [1.165, 1.54) is 38.5 Å². The van der Waals surface area contributed by atoms with Crippen LogP contribution in [0.2, 0.25) is 0 Å². The Hall–Kier alpha value is -0.140. The van der Waals surface area contributed by atoms with Crippen molar-refractivity contribution < 1.29 is 8.78 Å². The van der Waals surface area contributed by atoms with Gasteiger partial charge in [0, 0.05) is 6.42 Å². The van der Waals surface area contributed by atoms with Gasteiger partial charge in [-0.25, -0.2) is 8.78 Å². The molecule has 2 heteroatoms. The lowest BCUT2D eigenvalue weighted by Crippen LogP contribution is -2.27. The van der Waals surface area contributed by atoms with Gasteiger partial charge in [0.25, 0.3) is 0 Å². The molecule has 2 aliphatic carbocycles. The molecule has 0 aromatic heterocycles. The molecule has 0 aliphatic heterocycles. The number of hydrogen-bond acceptors (Lipinski definition) is 0. The van der Waals surface area contributed by atoms with E-state index in [9.17, 15) is 8.78 Å². The maximum atomic E-state index is 13.0. The fourth-order valence-corrected chi connectivity index (χ4v) is 4.13. The van der Waals surface area contributed by atoms with Gasteiger partial charge < -0.3 is 0 Å². The van der Waals surface area contributed by atoms with Crippen molar-refractivity contribution in [2.24, 2.45) is 23.7 Å². The molecule has 0 saturated heterocycles. The summed E-state index contributed by atoms with van der Waals surface area (Å²) in [7, 11) is 0. The molecule has 0 radical (unpaired) electrons. The van der Waals surface area contributed by atoms with Gasteiger partial charge in [-0.05, 0) is 69.1 Å². The predicted molar refractivity (Wildman–Crippen MR) is 71.8 cm³/mol. The lowest BCUT2D eigenvalue weighted by molar-refractivity contribution is -0.0131. The van der Waals surface area contributed by atoms with Crippen LogP contribution in [0.5, 0.6) is 0 Å². The highest BCUT2D eigenvalue weighted by atomic mass is 19.3. The molecule has 106 valence electrons. The highest BCUT2D eigenvalue weighted by molar-refractivity contribution is 4.82. The Morgan fingerprint density at radius 1 is 0.833 bits per heavy atom. The summed E-state index contributed by atoms with van der Waals surface area (Å²) in [5.41, 5.74) is 0. The SMILES string of the molecule is CC1CCC(C2CCC(CC(C)(F)F)CC2)CC1. The first-order chi connectivity index (χ1) is 8.44. The molecule has 0 bridgehead atoms. The molecule has 0 unspecified atom stereocenters. The van der Waals surface area contributed by atoms with Gasteiger partial charge in [-0.2, -0.15) is 0 Å². The zero-order valence-corrected chi connectivity index (χ0v) is 11.9. The molecule has 18 heavy (non-hydrogen) atoms. The fraction of sp³-hybridized carbons (Fsp3) is 1.00. The van der Waals surface area contributed by atoms with Crippen LogP contribution in [-0.2, 0) is 0 Å². The molecule has 0 aromatic rings. The van der Waals surface area contributed by atoms with E-state index in [1.807, 2.05) is 0 Å². The van der Waals surface area contributed by atoms with Gasteiger partial charge in [-0.1, -0.05) is 19.8 Å². The van der Waals surface area contributed by atoms with Crippen LogP contribution in [0.4, 0.5) is 8.78 Å². The van der Waals surface area contributed by atoms with E-state index in [4.69, 9.17) is 0 Å². The summed E-state index contributed by atoms with van der Waals surface area (Å²) in [5, 5.41) is 0. The third-order valence-corrected chi connectivity index (χ3v) is 5.27. The summed E-state index contributed by atoms with van der Waals surface area (Å²) in [6.45, 7) is 3.43. The molecular formula is C16H28F2. The Balaban J connectivity index is 1.73. The Bertz CT molecular complexity index is 240. The molecular weight excluding hydrogens is 230 g/mol. The molecule has 0 amide bonds. The Labute approximate surface area is 111 Å². The highest BCUT2D eigenvalue weighted by Crippen LogP contribution is 2.43. The van der Waals surface area contributed by atoms with E-state index in [0.717, 1.165) is 37.5 Å². The minimum Gasteiger partial charge on any atom is -0.207 e. The van der Waals surface area contributed by atoms with Crippen molar-refractivity contribution in [1.29, 1.82) is 0 Å². The van der Waals surface area contributed by atoms with E-state index in [-0.39, 0.29) is 12.3 Å². The number of alkyl halides is 2. The van der Waals surface area contributed by atoms with Gasteiger partial charge in [0.05, 0.1) is 0 Å². The first-order valence-corrected chi connectivity index (χ1v) is 7.82. The molecule has 0 aromatic carbocycles. The second-order valence-electron chi connectivity index (χ2n) is 7.08. The lowest BCUT2D eigenvalue weighted by atomic mass is 9.69. The first-order valence-electron chi connectivity index (χ1n) is 7.82. The molecule has 0 heterocycles. The second kappa shape index (κ2) is 5.88. The lowest BCUT2D eigenvalue weighted by Gasteiger charge is -2.37. The van der Waals surface area contributed by atoms with E-state index in [1.54, 1.807) is 0 Å². The van der Waals surface area contributed by atoms with Crippen molar-refractivity contribution in [3.8, 4) is 0 Å². The van der Waals surface area contributed by atoms with Crippen molar-refractivity contribution in [3.63, 3.8) is 0 Å². The molecule has 2 fully saturated rings. The average molecular weight is 258 g/mol. The van der Waals surface area contributed by atoms with Gasteiger partial charge in [0.1, 0.15) is 0 Å². The summed E-state index contributed by atoms with van der Waals surface area (Å²) in [6.07, 6.45) is 10.2. The third-order valence-electron chi connectivity index (χ3n) is 5.27. The van der Waals surface area contributed by atoms with Crippen LogP contribution >= 0.6 is 0 Å². The summed E-state index contributed by atoms with van der Waals surface area (Å²) in [5.74, 6) is 0.487. The zero-order valence-electron chi connectivity index (χ0n) is 11.9. The van der Waals surface area contributed by atoms with Gasteiger partial charge in [0.15, 0.2) is 0 Å². The van der Waals surface area contributed by atoms with Gasteiger partial charge in [0.2, 0.25) is 5.92 Å². The van der Waals surface area contributed by atoms with Gasteiger partial charge >= 0.3 is 0 Å². The van der Waals surface area contributed by atoms with Crippen LogP contribution in [0.15, 0.2) is 0 Å². The second-order valence-corrected chi connectivity index (χ2v) is 7.08. The predicted octanol–water partition coefficient (Wildman–Crippen LogP) is 5.66. The van der Waals surface area contributed by atoms with Crippen LogP contribution in [0.25, 0.3) is 0 Å². The highest BCUT2D eigenvalue weighted by Gasteiger charge is 2.33. The van der Waals surface area contributed by atoms with E-state index in [0.29, 0.717) is 0 Å². The van der Waals surface area contributed by atoms with Gasteiger partial charge in [-0.15, -0.1) is 0 Å². The molecule has 0 nitrogen and oxygen atoms in total. The third kappa shape index (κ3) is 4.20. The normalized spacial score (nSPS) is 38.7. The van der Waals surface area contributed by atoms with Crippen molar-refractivity contribution in [1.82, 2.24) is 0 Å². The topological polar surface area (TPSA) is 0 Å². The minimum absolute atomic E-state index is 0.113. The molecule has 0 N–H and O–H groups in total. The summed E-state index contributed by atoms with van der Waals surface area (Å²) < 4.78 is 26.0. The Morgan fingerprint density at radius 3 is 1.72 bits per heavy atom. The van der Waals surface area contributed by atoms with Crippen LogP contribution in [0.3, 0.4) is 0 Å². The van der Waals surface area contributed by atoms with Crippen LogP contribution in [-0.4, -0.2) is 5.92 Å². The van der Waals surface area contributed by atoms with E-state index in [2.05, 4.69) is 6.92 Å². The average Bonchev–Trinajstić information content (AvgIpc) is 2.29. The van der Waals surface area contributed by atoms with E-state index >= 15 is 0 Å². The van der Waals surface area contributed by atoms with Crippen molar-refractivity contribution in [3.05, 3.63) is 0 Å². The first kappa shape index (κ1) is 14.3. The minimum atomic E-state index is -2.46. The van der Waals surface area contributed by atoms with Crippen molar-refractivity contribution >= 4 is 0 Å². The smallest absolute Gasteiger partial charge is 0.207 e. The maximum absolute atomic E-state index is 13.0. The van der Waals surface area contributed by atoms with Gasteiger partial charge in [-0.3, -0.25) is 0 Å². The largest absolute Gasteiger partial charge is 0.245 e. The summed E-state index contributed by atoms with van der Waals surface area (Å²) in [4.78, 5) is 0. The Kier molecular flexibility index (Phi) is 4.66. The molecule has 2 saturated carbocycles. The zero-order chi connectivity index (χ0) is 13.2. The fourth-order valence-electron chi connectivity index (χ4n) is 4.13.